The first kappa shape index (κ1) is 15.9. The lowest BCUT2D eigenvalue weighted by molar-refractivity contribution is 0.0953. The number of benzene rings is 2. The number of amides is 1. The van der Waals surface area contributed by atoms with Crippen molar-refractivity contribution in [3.05, 3.63) is 90.3 Å². The lowest BCUT2D eigenvalue weighted by Crippen LogP contribution is -2.24. The van der Waals surface area contributed by atoms with Gasteiger partial charge in [-0.2, -0.15) is 0 Å². The zero-order chi connectivity index (χ0) is 17.8. The number of hydrogen-bond donors (Lipinski definition) is 1. The van der Waals surface area contributed by atoms with E-state index in [0.29, 0.717) is 23.3 Å². The van der Waals surface area contributed by atoms with Gasteiger partial charge in [-0.15, -0.1) is 10.2 Å². The number of carbonyl (C=O) groups is 1. The SMILES string of the molecule is O=C(NCc1cccnc1)c1c(-c2ccccc2)nnc2ccccc12. The third-order valence-corrected chi connectivity index (χ3v) is 4.12. The summed E-state index contributed by atoms with van der Waals surface area (Å²) in [7, 11) is 0. The second-order valence-corrected chi connectivity index (χ2v) is 5.85. The Morgan fingerprint density at radius 1 is 0.885 bits per heavy atom. The summed E-state index contributed by atoms with van der Waals surface area (Å²) < 4.78 is 0. The van der Waals surface area contributed by atoms with Crippen LogP contribution in [0.25, 0.3) is 22.2 Å². The van der Waals surface area contributed by atoms with E-state index in [1.54, 1.807) is 12.4 Å². The van der Waals surface area contributed by atoms with Crippen molar-refractivity contribution in [2.24, 2.45) is 0 Å². The van der Waals surface area contributed by atoms with Gasteiger partial charge in [0.25, 0.3) is 5.91 Å². The van der Waals surface area contributed by atoms with Crippen LogP contribution >= 0.6 is 0 Å². The number of pyridine rings is 1. The molecule has 1 N–H and O–H groups in total. The topological polar surface area (TPSA) is 67.8 Å². The number of nitrogens with one attached hydrogen (secondary N) is 1. The van der Waals surface area contributed by atoms with Crippen molar-refractivity contribution >= 4 is 16.8 Å². The monoisotopic (exact) mass is 340 g/mol. The fourth-order valence-corrected chi connectivity index (χ4v) is 2.86. The van der Waals surface area contributed by atoms with Crippen LogP contribution in [0, 0.1) is 0 Å². The van der Waals surface area contributed by atoms with E-state index >= 15 is 0 Å². The van der Waals surface area contributed by atoms with Crippen molar-refractivity contribution in [1.82, 2.24) is 20.5 Å². The Morgan fingerprint density at radius 2 is 1.69 bits per heavy atom. The van der Waals surface area contributed by atoms with E-state index in [4.69, 9.17) is 0 Å². The molecular formula is C21H16N4O. The number of fused-ring (bicyclic) bond motifs is 1. The van der Waals surface area contributed by atoms with Gasteiger partial charge in [0.1, 0.15) is 5.69 Å². The van der Waals surface area contributed by atoms with E-state index in [1.807, 2.05) is 66.7 Å². The van der Waals surface area contributed by atoms with Crippen LogP contribution in [-0.2, 0) is 6.54 Å². The highest BCUT2D eigenvalue weighted by Crippen LogP contribution is 2.26. The average molecular weight is 340 g/mol. The Labute approximate surface area is 150 Å². The summed E-state index contributed by atoms with van der Waals surface area (Å²) in [5.74, 6) is -0.182. The molecule has 0 aliphatic heterocycles. The van der Waals surface area contributed by atoms with Gasteiger partial charge in [-0.05, 0) is 17.7 Å². The summed E-state index contributed by atoms with van der Waals surface area (Å²) in [6.45, 7) is 0.400. The Morgan fingerprint density at radius 3 is 2.50 bits per heavy atom. The normalized spacial score (nSPS) is 10.6. The lowest BCUT2D eigenvalue weighted by atomic mass is 10.0. The van der Waals surface area contributed by atoms with Crippen LogP contribution in [-0.4, -0.2) is 21.1 Å². The fraction of sp³-hybridized carbons (Fsp3) is 0.0476. The summed E-state index contributed by atoms with van der Waals surface area (Å²) in [5, 5.41) is 12.4. The summed E-state index contributed by atoms with van der Waals surface area (Å²) in [5.41, 5.74) is 3.60. The predicted octanol–water partition coefficient (Wildman–Crippen LogP) is 3.62. The third kappa shape index (κ3) is 3.15. The van der Waals surface area contributed by atoms with E-state index in [-0.39, 0.29) is 5.91 Å². The van der Waals surface area contributed by atoms with E-state index in [9.17, 15) is 4.79 Å². The molecule has 0 saturated carbocycles. The number of carbonyl (C=O) groups excluding carboxylic acids is 1. The number of hydrogen-bond acceptors (Lipinski definition) is 4. The van der Waals surface area contributed by atoms with Gasteiger partial charge in [0.05, 0.1) is 11.1 Å². The molecule has 0 aliphatic rings. The molecule has 5 nitrogen and oxygen atoms in total. The molecule has 126 valence electrons. The molecule has 5 heteroatoms. The number of rotatable bonds is 4. The molecule has 1 amide bonds. The van der Waals surface area contributed by atoms with Gasteiger partial charge in [-0.1, -0.05) is 54.6 Å². The van der Waals surface area contributed by atoms with Gasteiger partial charge in [0, 0.05) is 29.9 Å². The van der Waals surface area contributed by atoms with Gasteiger partial charge < -0.3 is 5.32 Å². The van der Waals surface area contributed by atoms with Gasteiger partial charge in [0.15, 0.2) is 0 Å². The first-order valence-corrected chi connectivity index (χ1v) is 8.31. The summed E-state index contributed by atoms with van der Waals surface area (Å²) >= 11 is 0. The smallest absolute Gasteiger partial charge is 0.254 e. The zero-order valence-electron chi connectivity index (χ0n) is 14.0. The third-order valence-electron chi connectivity index (χ3n) is 4.12. The average Bonchev–Trinajstić information content (AvgIpc) is 2.72. The highest BCUT2D eigenvalue weighted by molar-refractivity contribution is 6.10. The predicted molar refractivity (Wildman–Crippen MR) is 100 cm³/mol. The van der Waals surface area contributed by atoms with E-state index in [1.165, 1.54) is 0 Å². The van der Waals surface area contributed by atoms with Crippen LogP contribution < -0.4 is 5.32 Å². The molecule has 26 heavy (non-hydrogen) atoms. The van der Waals surface area contributed by atoms with Gasteiger partial charge >= 0.3 is 0 Å². The molecule has 0 atom stereocenters. The summed E-state index contributed by atoms with van der Waals surface area (Å²) in [6.07, 6.45) is 3.44. The van der Waals surface area contributed by atoms with Crippen molar-refractivity contribution in [3.8, 4) is 11.3 Å². The van der Waals surface area contributed by atoms with Crippen molar-refractivity contribution in [3.63, 3.8) is 0 Å². The van der Waals surface area contributed by atoms with Gasteiger partial charge in [-0.25, -0.2) is 0 Å². The van der Waals surface area contributed by atoms with Crippen LogP contribution in [0.5, 0.6) is 0 Å². The first-order valence-electron chi connectivity index (χ1n) is 8.31. The Balaban J connectivity index is 1.77. The van der Waals surface area contributed by atoms with Crippen molar-refractivity contribution in [2.75, 3.05) is 0 Å². The van der Waals surface area contributed by atoms with Gasteiger partial charge in [0.2, 0.25) is 0 Å². The molecule has 0 saturated heterocycles. The van der Waals surface area contributed by atoms with Crippen LogP contribution in [0.15, 0.2) is 79.1 Å². The first-order chi connectivity index (χ1) is 12.8. The Hall–Kier alpha value is -3.60. The summed E-state index contributed by atoms with van der Waals surface area (Å²) in [4.78, 5) is 17.1. The minimum atomic E-state index is -0.182. The van der Waals surface area contributed by atoms with Crippen LogP contribution in [0.2, 0.25) is 0 Å². The molecule has 0 aliphatic carbocycles. The summed E-state index contributed by atoms with van der Waals surface area (Å²) in [6, 6.07) is 20.9. The quantitative estimate of drug-likeness (QED) is 0.616. The number of nitrogens with zero attached hydrogens (tertiary/aromatic N) is 3. The van der Waals surface area contributed by atoms with E-state index in [0.717, 1.165) is 16.5 Å². The zero-order valence-corrected chi connectivity index (χ0v) is 14.0. The minimum absolute atomic E-state index is 0.182. The maximum atomic E-state index is 13.0. The van der Waals surface area contributed by atoms with Gasteiger partial charge in [-0.3, -0.25) is 9.78 Å². The van der Waals surface area contributed by atoms with Crippen molar-refractivity contribution in [1.29, 1.82) is 0 Å². The molecule has 2 aromatic heterocycles. The largest absolute Gasteiger partial charge is 0.348 e. The molecule has 0 radical (unpaired) electrons. The maximum absolute atomic E-state index is 13.0. The van der Waals surface area contributed by atoms with E-state index < -0.39 is 0 Å². The van der Waals surface area contributed by atoms with E-state index in [2.05, 4.69) is 20.5 Å². The molecule has 0 spiro atoms. The highest BCUT2D eigenvalue weighted by Gasteiger charge is 2.18. The fourth-order valence-electron chi connectivity index (χ4n) is 2.86. The molecule has 0 fully saturated rings. The molecule has 0 unspecified atom stereocenters. The molecule has 4 aromatic rings. The van der Waals surface area contributed by atoms with Crippen LogP contribution in [0.4, 0.5) is 0 Å². The second kappa shape index (κ2) is 7.11. The van der Waals surface area contributed by atoms with Crippen molar-refractivity contribution in [2.45, 2.75) is 6.54 Å². The molecular weight excluding hydrogens is 324 g/mol. The standard InChI is InChI=1S/C21H16N4O/c26-21(23-14-15-7-6-12-22-13-15)19-17-10-4-5-11-18(17)24-25-20(19)16-8-2-1-3-9-16/h1-13H,14H2,(H,23,26). The second-order valence-electron chi connectivity index (χ2n) is 5.85. The Bertz CT molecular complexity index is 1050. The molecule has 2 aromatic carbocycles. The maximum Gasteiger partial charge on any atom is 0.254 e. The molecule has 4 rings (SSSR count). The minimum Gasteiger partial charge on any atom is -0.348 e. The Kier molecular flexibility index (Phi) is 4.35. The van der Waals surface area contributed by atoms with Crippen LogP contribution in [0.3, 0.4) is 0 Å². The lowest BCUT2D eigenvalue weighted by Gasteiger charge is -2.12. The highest BCUT2D eigenvalue weighted by atomic mass is 16.1. The molecule has 0 bridgehead atoms. The van der Waals surface area contributed by atoms with Crippen molar-refractivity contribution < 1.29 is 4.79 Å². The van der Waals surface area contributed by atoms with Crippen LogP contribution in [0.1, 0.15) is 15.9 Å². The molecule has 2 heterocycles. The number of aromatic nitrogens is 3.